The van der Waals surface area contributed by atoms with Crippen molar-refractivity contribution in [3.63, 3.8) is 0 Å². The van der Waals surface area contributed by atoms with Gasteiger partial charge in [-0.3, -0.25) is 4.79 Å². The lowest BCUT2D eigenvalue weighted by Gasteiger charge is -2.34. The smallest absolute Gasteiger partial charge is 0.195 e. The van der Waals surface area contributed by atoms with Crippen molar-refractivity contribution >= 4 is 22.4 Å². The van der Waals surface area contributed by atoms with Crippen molar-refractivity contribution in [1.82, 2.24) is 9.88 Å². The van der Waals surface area contributed by atoms with Crippen molar-refractivity contribution in [2.75, 3.05) is 39.1 Å². The number of hydrogen-bond donors (Lipinski definition) is 2. The van der Waals surface area contributed by atoms with Gasteiger partial charge in [0, 0.05) is 60.0 Å². The molecule has 32 heavy (non-hydrogen) atoms. The lowest BCUT2D eigenvalue weighted by atomic mass is 9.71. The lowest BCUT2D eigenvalue weighted by Crippen LogP contribution is -2.39. The van der Waals surface area contributed by atoms with Crippen LogP contribution in [-0.4, -0.2) is 55.1 Å². The maximum Gasteiger partial charge on any atom is 0.195 e. The van der Waals surface area contributed by atoms with E-state index < -0.39 is 0 Å². The van der Waals surface area contributed by atoms with Crippen LogP contribution in [0.25, 0.3) is 10.9 Å². The predicted octanol–water partition coefficient (Wildman–Crippen LogP) is 4.11. The molecule has 2 aliphatic rings. The number of fused-ring (bicyclic) bond motifs is 4. The molecule has 0 saturated carbocycles. The average molecular weight is 434 g/mol. The Hall–Kier alpha value is -2.83. The molecular formula is C26H31N3O3. The predicted molar refractivity (Wildman–Crippen MR) is 127 cm³/mol. The van der Waals surface area contributed by atoms with Gasteiger partial charge in [-0.25, -0.2) is 0 Å². The number of H-pyrrole nitrogens is 1. The first kappa shape index (κ1) is 21.0. The zero-order valence-electron chi connectivity index (χ0n) is 19.0. The zero-order valence-corrected chi connectivity index (χ0v) is 19.0. The molecule has 2 aromatic carbocycles. The van der Waals surface area contributed by atoms with E-state index in [2.05, 4.69) is 29.8 Å². The number of benzene rings is 2. The van der Waals surface area contributed by atoms with E-state index in [4.69, 9.17) is 15.2 Å². The van der Waals surface area contributed by atoms with E-state index in [0.717, 1.165) is 78.1 Å². The van der Waals surface area contributed by atoms with E-state index in [-0.39, 0.29) is 17.3 Å². The fraction of sp³-hybridized carbons (Fsp3) is 0.423. The summed E-state index contributed by atoms with van der Waals surface area (Å²) in [6.45, 7) is 8.09. The zero-order chi connectivity index (χ0) is 22.5. The number of piperidine rings is 1. The van der Waals surface area contributed by atoms with Crippen LogP contribution in [0.15, 0.2) is 36.4 Å². The van der Waals surface area contributed by atoms with Crippen LogP contribution in [0, 0.1) is 0 Å². The van der Waals surface area contributed by atoms with E-state index in [0.29, 0.717) is 5.69 Å². The molecule has 1 saturated heterocycles. The average Bonchev–Trinajstić information content (AvgIpc) is 3.17. The standard InChI is InChI=1S/C26H31N3O3/c1-26(2)21-15-18(32-17-8-10-29(11-9-17)12-13-31-3)5-7-19(21)24(30)23-20-6-4-16(27)14-22(20)28-25(23)26/h4-7,14-15,17,28H,8-13,27H2,1-3H3. The SMILES string of the molecule is COCCN1CCC(Oc2ccc3c(c2)C(C)(C)c2[nH]c4cc(N)ccc4c2C3=O)CC1. The first-order valence-electron chi connectivity index (χ1n) is 11.4. The van der Waals surface area contributed by atoms with E-state index in [9.17, 15) is 4.79 Å². The minimum atomic E-state index is -0.352. The van der Waals surface area contributed by atoms with E-state index in [1.165, 1.54) is 0 Å². The van der Waals surface area contributed by atoms with Gasteiger partial charge in [0.05, 0.1) is 12.2 Å². The van der Waals surface area contributed by atoms with Gasteiger partial charge in [-0.15, -0.1) is 0 Å². The largest absolute Gasteiger partial charge is 0.490 e. The molecule has 0 amide bonds. The number of anilines is 1. The summed E-state index contributed by atoms with van der Waals surface area (Å²) in [5.41, 5.74) is 10.7. The number of nitrogen functional groups attached to an aromatic ring is 1. The summed E-state index contributed by atoms with van der Waals surface area (Å²) in [5, 5.41) is 0.929. The Morgan fingerprint density at radius 3 is 2.69 bits per heavy atom. The van der Waals surface area contributed by atoms with Gasteiger partial charge in [-0.2, -0.15) is 0 Å². The first-order chi connectivity index (χ1) is 15.4. The van der Waals surface area contributed by atoms with E-state index >= 15 is 0 Å². The maximum absolute atomic E-state index is 13.5. The van der Waals surface area contributed by atoms with E-state index in [1.807, 2.05) is 30.3 Å². The minimum absolute atomic E-state index is 0.0587. The Morgan fingerprint density at radius 1 is 1.16 bits per heavy atom. The van der Waals surface area contributed by atoms with Crippen molar-refractivity contribution < 1.29 is 14.3 Å². The number of ketones is 1. The van der Waals surface area contributed by atoms with Crippen LogP contribution in [0.1, 0.15) is 53.9 Å². The highest BCUT2D eigenvalue weighted by Crippen LogP contribution is 2.45. The first-order valence-corrected chi connectivity index (χ1v) is 11.4. The Kier molecular flexibility index (Phi) is 5.22. The molecule has 1 fully saturated rings. The Bertz CT molecular complexity index is 1170. The van der Waals surface area contributed by atoms with Crippen LogP contribution in [0.3, 0.4) is 0 Å². The summed E-state index contributed by atoms with van der Waals surface area (Å²) >= 11 is 0. The third-order valence-electron chi connectivity index (χ3n) is 7.03. The van der Waals surface area contributed by atoms with Crippen molar-refractivity contribution in [1.29, 1.82) is 0 Å². The molecule has 1 aromatic heterocycles. The van der Waals surface area contributed by atoms with Crippen molar-refractivity contribution in [2.45, 2.75) is 38.2 Å². The highest BCUT2D eigenvalue weighted by Gasteiger charge is 2.40. The molecule has 0 atom stereocenters. The van der Waals surface area contributed by atoms with E-state index in [1.54, 1.807) is 7.11 Å². The Balaban J connectivity index is 1.42. The molecule has 5 rings (SSSR count). The summed E-state index contributed by atoms with van der Waals surface area (Å²) < 4.78 is 11.6. The second kappa shape index (κ2) is 7.94. The van der Waals surface area contributed by atoms with Gasteiger partial charge >= 0.3 is 0 Å². The normalized spacial score (nSPS) is 18.5. The Labute approximate surface area is 188 Å². The summed E-state index contributed by atoms with van der Waals surface area (Å²) in [7, 11) is 1.74. The molecule has 6 heteroatoms. The third kappa shape index (κ3) is 3.48. The van der Waals surface area contributed by atoms with Crippen molar-refractivity contribution in [2.24, 2.45) is 0 Å². The number of hydrogen-bond acceptors (Lipinski definition) is 5. The number of methoxy groups -OCH3 is 1. The van der Waals surface area contributed by atoms with Gasteiger partial charge in [-0.05, 0) is 48.7 Å². The number of rotatable bonds is 5. The number of carbonyl (C=O) groups is 1. The summed E-state index contributed by atoms with van der Waals surface area (Å²) in [5.74, 6) is 0.895. The molecule has 6 nitrogen and oxygen atoms in total. The molecule has 1 aliphatic heterocycles. The minimum Gasteiger partial charge on any atom is -0.490 e. The quantitative estimate of drug-likeness (QED) is 0.592. The topological polar surface area (TPSA) is 80.6 Å². The third-order valence-corrected chi connectivity index (χ3v) is 7.03. The van der Waals surface area contributed by atoms with Gasteiger partial charge in [-0.1, -0.05) is 19.9 Å². The van der Waals surface area contributed by atoms with Crippen LogP contribution in [0.2, 0.25) is 0 Å². The van der Waals surface area contributed by atoms with Crippen LogP contribution < -0.4 is 10.5 Å². The number of nitrogens with two attached hydrogens (primary N) is 1. The van der Waals surface area contributed by atoms with Gasteiger partial charge in [0.1, 0.15) is 11.9 Å². The van der Waals surface area contributed by atoms with Gasteiger partial charge in [0.15, 0.2) is 5.78 Å². The highest BCUT2D eigenvalue weighted by atomic mass is 16.5. The molecule has 168 valence electrons. The molecule has 1 aliphatic carbocycles. The molecule has 0 unspecified atom stereocenters. The highest BCUT2D eigenvalue weighted by molar-refractivity contribution is 6.20. The van der Waals surface area contributed by atoms with Crippen LogP contribution in [0.4, 0.5) is 5.69 Å². The molecule has 0 bridgehead atoms. The van der Waals surface area contributed by atoms with Crippen LogP contribution in [0.5, 0.6) is 5.75 Å². The molecular weight excluding hydrogens is 402 g/mol. The fourth-order valence-corrected chi connectivity index (χ4v) is 5.16. The molecule has 0 spiro atoms. The summed E-state index contributed by atoms with van der Waals surface area (Å²) in [6.07, 6.45) is 2.19. The van der Waals surface area contributed by atoms with Gasteiger partial charge in [0.25, 0.3) is 0 Å². The number of carbonyl (C=O) groups excluding carboxylic acids is 1. The number of aromatic nitrogens is 1. The summed E-state index contributed by atoms with van der Waals surface area (Å²) in [4.78, 5) is 19.4. The van der Waals surface area contributed by atoms with Crippen LogP contribution >= 0.6 is 0 Å². The maximum atomic E-state index is 13.5. The van der Waals surface area contributed by atoms with Crippen molar-refractivity contribution in [3.8, 4) is 5.75 Å². The van der Waals surface area contributed by atoms with Gasteiger partial charge < -0.3 is 25.1 Å². The molecule has 3 aromatic rings. The number of ether oxygens (including phenoxy) is 2. The fourth-order valence-electron chi connectivity index (χ4n) is 5.16. The number of likely N-dealkylation sites (tertiary alicyclic amines) is 1. The number of aromatic amines is 1. The van der Waals surface area contributed by atoms with Crippen molar-refractivity contribution in [3.05, 3.63) is 58.8 Å². The second-order valence-corrected chi connectivity index (χ2v) is 9.49. The van der Waals surface area contributed by atoms with Gasteiger partial charge in [0.2, 0.25) is 0 Å². The molecule has 3 N–H and O–H groups in total. The number of nitrogens with one attached hydrogen (secondary N) is 1. The Morgan fingerprint density at radius 2 is 1.94 bits per heavy atom. The molecule has 2 heterocycles. The van der Waals surface area contributed by atoms with Crippen LogP contribution in [-0.2, 0) is 10.2 Å². The summed E-state index contributed by atoms with van der Waals surface area (Å²) in [6, 6.07) is 11.6. The lowest BCUT2D eigenvalue weighted by molar-refractivity contribution is 0.0796. The monoisotopic (exact) mass is 433 g/mol. The molecule has 0 radical (unpaired) electrons. The number of nitrogens with zero attached hydrogens (tertiary/aromatic N) is 1. The second-order valence-electron chi connectivity index (χ2n) is 9.49.